The summed E-state index contributed by atoms with van der Waals surface area (Å²) in [7, 11) is 0. The number of hydrogen-bond acceptors (Lipinski definition) is 3. The molecule has 3 aromatic heterocycles. The maximum Gasteiger partial charge on any atom is 0.137 e. The molecule has 11 aromatic rings. The Balaban J connectivity index is 1.20. The molecule has 11 rings (SSSR count). The largest absolute Gasteiger partial charge is 0.456 e. The lowest BCUT2D eigenvalue weighted by Gasteiger charge is -2.26. The minimum Gasteiger partial charge on any atom is -0.456 e. The molecule has 50 heavy (non-hydrogen) atoms. The highest BCUT2D eigenvalue weighted by Gasteiger charge is 2.22. The van der Waals surface area contributed by atoms with Gasteiger partial charge in [0.25, 0.3) is 0 Å². The molecule has 0 aliphatic rings. The molecule has 0 atom stereocenters. The van der Waals surface area contributed by atoms with E-state index in [-0.39, 0.29) is 0 Å². The van der Waals surface area contributed by atoms with Crippen molar-refractivity contribution in [3.63, 3.8) is 0 Å². The number of rotatable bonds is 4. The number of anilines is 3. The van der Waals surface area contributed by atoms with E-state index in [2.05, 4.69) is 173 Å². The minimum absolute atomic E-state index is 0.880. The summed E-state index contributed by atoms with van der Waals surface area (Å²) in [6.07, 6.45) is 0. The van der Waals surface area contributed by atoms with Crippen LogP contribution in [0.25, 0.3) is 80.4 Å². The Morgan fingerprint density at radius 3 is 2.08 bits per heavy atom. The average molecular weight is 657 g/mol. The van der Waals surface area contributed by atoms with Gasteiger partial charge in [0.2, 0.25) is 0 Å². The lowest BCUT2D eigenvalue weighted by molar-refractivity contribution is 0.669. The van der Waals surface area contributed by atoms with Crippen LogP contribution in [0.2, 0.25) is 0 Å². The fourth-order valence-electron chi connectivity index (χ4n) is 8.00. The lowest BCUT2D eigenvalue weighted by Crippen LogP contribution is -2.10. The molecule has 0 N–H and O–H groups in total. The van der Waals surface area contributed by atoms with E-state index in [0.717, 1.165) is 44.7 Å². The molecule has 0 saturated carbocycles. The number of thiophene rings is 1. The van der Waals surface area contributed by atoms with Gasteiger partial charge in [-0.1, -0.05) is 97.1 Å². The second-order valence-electron chi connectivity index (χ2n) is 12.9. The quantitative estimate of drug-likeness (QED) is 0.188. The second kappa shape index (κ2) is 10.6. The van der Waals surface area contributed by atoms with Gasteiger partial charge in [-0.3, -0.25) is 0 Å². The van der Waals surface area contributed by atoms with E-state index in [1.54, 1.807) is 0 Å². The first-order valence-corrected chi connectivity index (χ1v) is 17.7. The summed E-state index contributed by atoms with van der Waals surface area (Å²) in [5, 5.41) is 9.86. The maximum atomic E-state index is 6.42. The third kappa shape index (κ3) is 3.97. The van der Waals surface area contributed by atoms with Crippen LogP contribution in [-0.2, 0) is 0 Å². The molecule has 0 aliphatic carbocycles. The molecule has 0 aliphatic heterocycles. The van der Waals surface area contributed by atoms with Crippen molar-refractivity contribution in [1.82, 2.24) is 4.57 Å². The van der Waals surface area contributed by atoms with Gasteiger partial charge in [-0.15, -0.1) is 11.3 Å². The van der Waals surface area contributed by atoms with E-state index in [0.29, 0.717) is 0 Å². The summed E-state index contributed by atoms with van der Waals surface area (Å²) >= 11 is 1.86. The van der Waals surface area contributed by atoms with Crippen LogP contribution in [0, 0.1) is 0 Å². The van der Waals surface area contributed by atoms with E-state index in [1.807, 2.05) is 17.4 Å². The van der Waals surface area contributed by atoms with Crippen molar-refractivity contribution >= 4 is 103 Å². The molecule has 0 radical (unpaired) electrons. The highest BCUT2D eigenvalue weighted by atomic mass is 32.1. The zero-order valence-corrected chi connectivity index (χ0v) is 27.7. The first-order valence-electron chi connectivity index (χ1n) is 16.9. The summed E-state index contributed by atoms with van der Waals surface area (Å²) in [4.78, 5) is 2.42. The number of aromatic nitrogens is 1. The summed E-state index contributed by atoms with van der Waals surface area (Å²) in [6, 6.07) is 61.2. The standard InChI is InChI=1S/C46H28N2OS/c1-2-12-30(13-3-1)48-38-17-8-6-15-34(38)37-27-31(23-25-39(37)48)47(40-18-10-20-42-46(40)35-16-7-9-19-41(35)49-42)32-22-24-36-44(28-32)50-43-26-21-29-11-4-5-14-33(29)45(36)43/h1-28H. The van der Waals surface area contributed by atoms with Crippen LogP contribution in [0.15, 0.2) is 174 Å². The molecule has 3 heterocycles. The second-order valence-corrected chi connectivity index (χ2v) is 14.0. The molecule has 4 heteroatoms. The van der Waals surface area contributed by atoms with Crippen LogP contribution in [0.5, 0.6) is 0 Å². The molecule has 3 nitrogen and oxygen atoms in total. The summed E-state index contributed by atoms with van der Waals surface area (Å²) in [5.74, 6) is 0. The number of furan rings is 1. The fraction of sp³-hybridized carbons (Fsp3) is 0. The Hall–Kier alpha value is -6.36. The maximum absolute atomic E-state index is 6.42. The monoisotopic (exact) mass is 656 g/mol. The molecule has 8 aromatic carbocycles. The molecule has 234 valence electrons. The number of fused-ring (bicyclic) bond motifs is 11. The first-order chi connectivity index (χ1) is 24.8. The number of para-hydroxylation sites is 3. The normalized spacial score (nSPS) is 12.0. The highest BCUT2D eigenvalue weighted by molar-refractivity contribution is 7.26. The fourth-order valence-corrected chi connectivity index (χ4v) is 9.15. The Morgan fingerprint density at radius 1 is 0.440 bits per heavy atom. The van der Waals surface area contributed by atoms with Crippen molar-refractivity contribution < 1.29 is 4.42 Å². The van der Waals surface area contributed by atoms with E-state index in [4.69, 9.17) is 4.42 Å². The SMILES string of the molecule is c1ccc(-n2c3ccccc3c3cc(N(c4ccc5c(c4)sc4ccc6ccccc6c45)c4cccc5oc6ccccc6c45)ccc32)cc1. The predicted molar refractivity (Wildman–Crippen MR) is 213 cm³/mol. The van der Waals surface area contributed by atoms with Crippen molar-refractivity contribution in [2.45, 2.75) is 0 Å². The Bertz CT molecular complexity index is 3110. The van der Waals surface area contributed by atoms with Crippen LogP contribution < -0.4 is 4.90 Å². The highest BCUT2D eigenvalue weighted by Crippen LogP contribution is 2.47. The third-order valence-corrected chi connectivity index (χ3v) is 11.3. The number of hydrogen-bond donors (Lipinski definition) is 0. The van der Waals surface area contributed by atoms with Crippen molar-refractivity contribution in [3.05, 3.63) is 170 Å². The van der Waals surface area contributed by atoms with E-state index < -0.39 is 0 Å². The molecule has 0 fully saturated rings. The summed E-state index contributed by atoms with van der Waals surface area (Å²) < 4.78 is 11.4. The van der Waals surface area contributed by atoms with E-state index in [9.17, 15) is 0 Å². The Labute approximate surface area is 291 Å². The smallest absolute Gasteiger partial charge is 0.137 e. The number of benzene rings is 8. The van der Waals surface area contributed by atoms with Crippen molar-refractivity contribution in [3.8, 4) is 5.69 Å². The average Bonchev–Trinajstić information content (AvgIpc) is 3.85. The van der Waals surface area contributed by atoms with Gasteiger partial charge in [-0.05, 0) is 83.6 Å². The molecular weight excluding hydrogens is 629 g/mol. The van der Waals surface area contributed by atoms with Gasteiger partial charge in [0, 0.05) is 53.4 Å². The van der Waals surface area contributed by atoms with Crippen molar-refractivity contribution in [1.29, 1.82) is 0 Å². The van der Waals surface area contributed by atoms with Crippen molar-refractivity contribution in [2.75, 3.05) is 4.90 Å². The van der Waals surface area contributed by atoms with Gasteiger partial charge in [0.15, 0.2) is 0 Å². The van der Waals surface area contributed by atoms with Gasteiger partial charge in [-0.2, -0.15) is 0 Å². The van der Waals surface area contributed by atoms with Gasteiger partial charge < -0.3 is 13.9 Å². The summed E-state index contributed by atoms with van der Waals surface area (Å²) in [6.45, 7) is 0. The number of nitrogens with zero attached hydrogens (tertiary/aromatic N) is 2. The Morgan fingerprint density at radius 2 is 1.16 bits per heavy atom. The molecule has 0 unspecified atom stereocenters. The molecule has 0 spiro atoms. The molecular formula is C46H28N2OS. The predicted octanol–water partition coefficient (Wildman–Crippen LogP) is 13.7. The molecule has 0 bridgehead atoms. The Kier molecular flexibility index (Phi) is 5.83. The molecule has 0 amide bonds. The van der Waals surface area contributed by atoms with Gasteiger partial charge in [-0.25, -0.2) is 0 Å². The van der Waals surface area contributed by atoms with Gasteiger partial charge in [0.1, 0.15) is 11.2 Å². The van der Waals surface area contributed by atoms with Crippen LogP contribution in [0.4, 0.5) is 17.1 Å². The molecule has 0 saturated heterocycles. The third-order valence-electron chi connectivity index (χ3n) is 10.2. The van der Waals surface area contributed by atoms with Crippen molar-refractivity contribution in [2.24, 2.45) is 0 Å². The van der Waals surface area contributed by atoms with Crippen LogP contribution in [-0.4, -0.2) is 4.57 Å². The zero-order valence-electron chi connectivity index (χ0n) is 26.9. The van der Waals surface area contributed by atoms with Crippen LogP contribution >= 0.6 is 11.3 Å². The van der Waals surface area contributed by atoms with Crippen LogP contribution in [0.3, 0.4) is 0 Å². The van der Waals surface area contributed by atoms with Crippen LogP contribution in [0.1, 0.15) is 0 Å². The van der Waals surface area contributed by atoms with E-state index in [1.165, 1.54) is 52.8 Å². The van der Waals surface area contributed by atoms with Gasteiger partial charge >= 0.3 is 0 Å². The first kappa shape index (κ1) is 27.6. The van der Waals surface area contributed by atoms with E-state index >= 15 is 0 Å². The summed E-state index contributed by atoms with van der Waals surface area (Å²) in [5.41, 5.74) is 8.59. The lowest BCUT2D eigenvalue weighted by atomic mass is 10.0. The topological polar surface area (TPSA) is 21.3 Å². The van der Waals surface area contributed by atoms with Gasteiger partial charge in [0.05, 0.1) is 22.1 Å². The zero-order chi connectivity index (χ0) is 32.8. The minimum atomic E-state index is 0.880.